The van der Waals surface area contributed by atoms with Crippen LogP contribution in [-0.4, -0.2) is 74.4 Å². The van der Waals surface area contributed by atoms with Crippen molar-refractivity contribution in [3.8, 4) is 0 Å². The zero-order chi connectivity index (χ0) is 12.4. The molecule has 3 rings (SSSR count). The van der Waals surface area contributed by atoms with Crippen molar-refractivity contribution >= 4 is 0 Å². The summed E-state index contributed by atoms with van der Waals surface area (Å²) in [7, 11) is 2.01. The average Bonchev–Trinajstić information content (AvgIpc) is 2.86. The molecule has 0 saturated carbocycles. The molecule has 4 heteroatoms. The minimum atomic E-state index is 0.394. The van der Waals surface area contributed by atoms with Crippen LogP contribution >= 0.6 is 0 Å². The van der Waals surface area contributed by atoms with E-state index in [1.54, 1.807) is 0 Å². The van der Waals surface area contributed by atoms with Gasteiger partial charge in [0, 0.05) is 31.7 Å². The average molecular weight is 253 g/mol. The fourth-order valence-corrected chi connectivity index (χ4v) is 3.96. The highest BCUT2D eigenvalue weighted by Gasteiger charge is 2.35. The molecular formula is C14H27N3O. The standard InChI is InChI=1S/C14H27N3O/c1-15-10-14-11-17(7-8-18-14)13-4-6-16-5-2-3-12(16)9-13/h12-15H,2-11H2,1H3. The lowest BCUT2D eigenvalue weighted by Gasteiger charge is -2.43. The number of hydrogen-bond acceptors (Lipinski definition) is 4. The molecule has 4 nitrogen and oxygen atoms in total. The molecule has 0 bridgehead atoms. The third-order valence-corrected chi connectivity index (χ3v) is 4.91. The van der Waals surface area contributed by atoms with Crippen LogP contribution in [0.2, 0.25) is 0 Å². The van der Waals surface area contributed by atoms with Crippen LogP contribution in [0.25, 0.3) is 0 Å². The molecule has 3 unspecified atom stereocenters. The summed E-state index contributed by atoms with van der Waals surface area (Å²) >= 11 is 0. The Labute approximate surface area is 111 Å². The first-order valence-electron chi connectivity index (χ1n) is 7.61. The third-order valence-electron chi connectivity index (χ3n) is 4.91. The molecule has 0 aromatic heterocycles. The summed E-state index contributed by atoms with van der Waals surface area (Å²) in [6.45, 7) is 6.83. The first-order valence-corrected chi connectivity index (χ1v) is 7.61. The predicted octanol–water partition coefficient (Wildman–Crippen LogP) is 0.533. The maximum Gasteiger partial charge on any atom is 0.0826 e. The fourth-order valence-electron chi connectivity index (χ4n) is 3.96. The normalized spacial score (nSPS) is 38.8. The molecular weight excluding hydrogens is 226 g/mol. The van der Waals surface area contributed by atoms with E-state index >= 15 is 0 Å². The van der Waals surface area contributed by atoms with Gasteiger partial charge in [0.2, 0.25) is 0 Å². The Morgan fingerprint density at radius 3 is 2.89 bits per heavy atom. The van der Waals surface area contributed by atoms with Crippen LogP contribution in [0.1, 0.15) is 25.7 Å². The van der Waals surface area contributed by atoms with E-state index < -0.39 is 0 Å². The van der Waals surface area contributed by atoms with Gasteiger partial charge in [-0.1, -0.05) is 0 Å². The number of ether oxygens (including phenoxy) is 1. The van der Waals surface area contributed by atoms with Gasteiger partial charge in [-0.2, -0.15) is 0 Å². The molecule has 0 aromatic rings. The van der Waals surface area contributed by atoms with Crippen molar-refractivity contribution in [3.05, 3.63) is 0 Å². The Bertz CT molecular complexity index is 272. The number of piperidine rings is 1. The molecule has 3 fully saturated rings. The van der Waals surface area contributed by atoms with E-state index in [4.69, 9.17) is 4.74 Å². The van der Waals surface area contributed by atoms with Gasteiger partial charge in [0.25, 0.3) is 0 Å². The van der Waals surface area contributed by atoms with Gasteiger partial charge in [0.15, 0.2) is 0 Å². The van der Waals surface area contributed by atoms with Crippen molar-refractivity contribution in [1.29, 1.82) is 0 Å². The fraction of sp³-hybridized carbons (Fsp3) is 1.00. The number of morpholine rings is 1. The molecule has 3 atom stereocenters. The van der Waals surface area contributed by atoms with Gasteiger partial charge in [-0.25, -0.2) is 0 Å². The van der Waals surface area contributed by atoms with Gasteiger partial charge in [-0.15, -0.1) is 0 Å². The molecule has 0 aromatic carbocycles. The number of rotatable bonds is 3. The van der Waals surface area contributed by atoms with Gasteiger partial charge in [0.1, 0.15) is 0 Å². The summed E-state index contributed by atoms with van der Waals surface area (Å²) in [6, 6.07) is 1.70. The number of nitrogens with zero attached hydrogens (tertiary/aromatic N) is 2. The van der Waals surface area contributed by atoms with E-state index in [1.807, 2.05) is 7.05 Å². The monoisotopic (exact) mass is 253 g/mol. The van der Waals surface area contributed by atoms with Gasteiger partial charge in [-0.05, 0) is 45.8 Å². The van der Waals surface area contributed by atoms with E-state index in [9.17, 15) is 0 Å². The summed E-state index contributed by atoms with van der Waals surface area (Å²) in [5, 5.41) is 3.24. The lowest BCUT2D eigenvalue weighted by molar-refractivity contribution is -0.0528. The Hall–Kier alpha value is -0.160. The second kappa shape index (κ2) is 5.87. The van der Waals surface area contributed by atoms with Crippen LogP contribution < -0.4 is 5.32 Å². The molecule has 104 valence electrons. The van der Waals surface area contributed by atoms with E-state index in [-0.39, 0.29) is 0 Å². The quantitative estimate of drug-likeness (QED) is 0.794. The lowest BCUT2D eigenvalue weighted by atomic mass is 9.95. The molecule has 3 aliphatic heterocycles. The largest absolute Gasteiger partial charge is 0.374 e. The Balaban J connectivity index is 1.54. The highest BCUT2D eigenvalue weighted by Crippen LogP contribution is 2.29. The smallest absolute Gasteiger partial charge is 0.0826 e. The van der Waals surface area contributed by atoms with Crippen LogP contribution in [0.15, 0.2) is 0 Å². The van der Waals surface area contributed by atoms with Crippen molar-refractivity contribution in [2.75, 3.05) is 46.4 Å². The highest BCUT2D eigenvalue weighted by molar-refractivity contribution is 4.91. The summed E-state index contributed by atoms with van der Waals surface area (Å²) in [5.41, 5.74) is 0. The number of likely N-dealkylation sites (N-methyl/N-ethyl adjacent to an activating group) is 1. The summed E-state index contributed by atoms with van der Waals surface area (Å²) in [6.07, 6.45) is 6.00. The van der Waals surface area contributed by atoms with Crippen molar-refractivity contribution in [3.63, 3.8) is 0 Å². The number of hydrogen-bond donors (Lipinski definition) is 1. The zero-order valence-corrected chi connectivity index (χ0v) is 11.6. The molecule has 0 spiro atoms. The zero-order valence-electron chi connectivity index (χ0n) is 11.6. The van der Waals surface area contributed by atoms with Crippen molar-refractivity contribution in [1.82, 2.24) is 15.1 Å². The van der Waals surface area contributed by atoms with Gasteiger partial charge >= 0.3 is 0 Å². The molecule has 1 N–H and O–H groups in total. The number of fused-ring (bicyclic) bond motifs is 1. The van der Waals surface area contributed by atoms with Crippen LogP contribution in [0.3, 0.4) is 0 Å². The second-order valence-corrected chi connectivity index (χ2v) is 6.06. The van der Waals surface area contributed by atoms with Crippen LogP contribution in [0, 0.1) is 0 Å². The SMILES string of the molecule is CNCC1CN(C2CCN3CCCC3C2)CCO1. The van der Waals surface area contributed by atoms with E-state index in [2.05, 4.69) is 15.1 Å². The molecule has 3 aliphatic rings. The van der Waals surface area contributed by atoms with E-state index in [0.717, 1.165) is 38.3 Å². The Morgan fingerprint density at radius 2 is 2.00 bits per heavy atom. The Kier molecular flexibility index (Phi) is 4.19. The molecule has 0 aliphatic carbocycles. The van der Waals surface area contributed by atoms with Crippen LogP contribution in [0.5, 0.6) is 0 Å². The third kappa shape index (κ3) is 2.72. The van der Waals surface area contributed by atoms with Crippen LogP contribution in [0.4, 0.5) is 0 Å². The summed E-state index contributed by atoms with van der Waals surface area (Å²) in [5.74, 6) is 0. The van der Waals surface area contributed by atoms with Crippen molar-refractivity contribution in [2.24, 2.45) is 0 Å². The minimum Gasteiger partial charge on any atom is -0.374 e. The maximum atomic E-state index is 5.81. The van der Waals surface area contributed by atoms with E-state index in [1.165, 1.54) is 38.8 Å². The van der Waals surface area contributed by atoms with Crippen molar-refractivity contribution < 1.29 is 4.74 Å². The topological polar surface area (TPSA) is 27.7 Å². The number of nitrogens with one attached hydrogen (secondary N) is 1. The van der Waals surface area contributed by atoms with Gasteiger partial charge < -0.3 is 15.0 Å². The molecule has 0 amide bonds. The van der Waals surface area contributed by atoms with E-state index in [0.29, 0.717) is 6.10 Å². The summed E-state index contributed by atoms with van der Waals surface area (Å²) in [4.78, 5) is 5.41. The van der Waals surface area contributed by atoms with Crippen LogP contribution in [-0.2, 0) is 4.74 Å². The highest BCUT2D eigenvalue weighted by atomic mass is 16.5. The summed E-state index contributed by atoms with van der Waals surface area (Å²) < 4.78 is 5.81. The molecule has 18 heavy (non-hydrogen) atoms. The molecule has 3 heterocycles. The lowest BCUT2D eigenvalue weighted by Crippen LogP contribution is -2.54. The first-order chi connectivity index (χ1) is 8.86. The predicted molar refractivity (Wildman–Crippen MR) is 72.9 cm³/mol. The Morgan fingerprint density at radius 1 is 1.11 bits per heavy atom. The first kappa shape index (κ1) is 12.9. The molecule has 3 saturated heterocycles. The minimum absolute atomic E-state index is 0.394. The van der Waals surface area contributed by atoms with Gasteiger partial charge in [-0.3, -0.25) is 4.90 Å². The molecule has 0 radical (unpaired) electrons. The van der Waals surface area contributed by atoms with Gasteiger partial charge in [0.05, 0.1) is 12.7 Å². The van der Waals surface area contributed by atoms with Crippen molar-refractivity contribution in [2.45, 2.75) is 43.9 Å². The second-order valence-electron chi connectivity index (χ2n) is 6.06. The maximum absolute atomic E-state index is 5.81.